The highest BCUT2D eigenvalue weighted by Gasteiger charge is 2.07. The molecule has 3 heteroatoms. The third kappa shape index (κ3) is 3.50. The molecule has 0 saturated carbocycles. The van der Waals surface area contributed by atoms with Gasteiger partial charge in [-0.05, 0) is 41.2 Å². The zero-order chi connectivity index (χ0) is 14.7. The maximum absolute atomic E-state index is 10.2. The molecule has 0 aliphatic rings. The molecular formula is C18H20N2O. The maximum atomic E-state index is 10.2. The van der Waals surface area contributed by atoms with Gasteiger partial charge in [-0.1, -0.05) is 42.5 Å². The van der Waals surface area contributed by atoms with Crippen molar-refractivity contribution in [3.8, 4) is 0 Å². The van der Waals surface area contributed by atoms with E-state index < -0.39 is 0 Å². The van der Waals surface area contributed by atoms with E-state index in [9.17, 15) is 5.11 Å². The lowest BCUT2D eigenvalue weighted by molar-refractivity contribution is 0.165. The minimum Gasteiger partial charge on any atom is -0.393 e. The zero-order valence-corrected chi connectivity index (χ0v) is 12.2. The van der Waals surface area contributed by atoms with Crippen molar-refractivity contribution in [2.24, 2.45) is 7.05 Å². The van der Waals surface area contributed by atoms with E-state index in [-0.39, 0.29) is 6.10 Å². The molecule has 1 aromatic heterocycles. The minimum absolute atomic E-state index is 0.314. The molecule has 21 heavy (non-hydrogen) atoms. The Morgan fingerprint density at radius 2 is 1.90 bits per heavy atom. The van der Waals surface area contributed by atoms with Crippen LogP contribution < -0.4 is 0 Å². The summed E-state index contributed by atoms with van der Waals surface area (Å²) >= 11 is 0. The minimum atomic E-state index is -0.314. The van der Waals surface area contributed by atoms with Gasteiger partial charge in [0.1, 0.15) is 0 Å². The second-order valence-electron chi connectivity index (χ2n) is 5.60. The lowest BCUT2D eigenvalue weighted by Crippen LogP contribution is -2.11. The Labute approximate surface area is 124 Å². The Kier molecular flexibility index (Phi) is 4.02. The topological polar surface area (TPSA) is 38.0 Å². The summed E-state index contributed by atoms with van der Waals surface area (Å²) in [6.07, 6.45) is 5.88. The summed E-state index contributed by atoms with van der Waals surface area (Å²) in [6, 6.07) is 14.7. The first-order valence-electron chi connectivity index (χ1n) is 7.34. The average Bonchev–Trinajstić information content (AvgIpc) is 2.91. The summed E-state index contributed by atoms with van der Waals surface area (Å²) in [5.74, 6) is 0. The third-order valence-corrected chi connectivity index (χ3v) is 3.81. The van der Waals surface area contributed by atoms with Gasteiger partial charge in [-0.25, -0.2) is 0 Å². The molecule has 0 bridgehead atoms. The van der Waals surface area contributed by atoms with Crippen LogP contribution in [-0.4, -0.2) is 21.0 Å². The number of benzene rings is 2. The SMILES string of the molecule is Cn1cc(CCC(O)Cc2ccc3ccccc3c2)cn1. The van der Waals surface area contributed by atoms with Crippen molar-refractivity contribution in [1.29, 1.82) is 0 Å². The molecule has 0 saturated heterocycles. The molecule has 3 nitrogen and oxygen atoms in total. The molecule has 1 heterocycles. The van der Waals surface area contributed by atoms with E-state index in [1.54, 1.807) is 4.68 Å². The third-order valence-electron chi connectivity index (χ3n) is 3.81. The van der Waals surface area contributed by atoms with E-state index in [4.69, 9.17) is 0 Å². The van der Waals surface area contributed by atoms with E-state index in [0.29, 0.717) is 6.42 Å². The highest BCUT2D eigenvalue weighted by Crippen LogP contribution is 2.17. The van der Waals surface area contributed by atoms with E-state index in [2.05, 4.69) is 35.4 Å². The number of aliphatic hydroxyl groups excluding tert-OH is 1. The number of rotatable bonds is 5. The van der Waals surface area contributed by atoms with Gasteiger partial charge in [0.15, 0.2) is 0 Å². The van der Waals surface area contributed by atoms with Crippen LogP contribution in [0.25, 0.3) is 10.8 Å². The summed E-state index contributed by atoms with van der Waals surface area (Å²) in [4.78, 5) is 0. The molecule has 1 atom stereocenters. The second-order valence-corrected chi connectivity index (χ2v) is 5.60. The van der Waals surface area contributed by atoms with Crippen LogP contribution in [0.3, 0.4) is 0 Å². The van der Waals surface area contributed by atoms with Crippen molar-refractivity contribution in [3.63, 3.8) is 0 Å². The standard InChI is InChI=1S/C18H20N2O/c1-20-13-15(12-19-20)7-9-18(21)11-14-6-8-16-4-2-3-5-17(16)10-14/h2-6,8,10,12-13,18,21H,7,9,11H2,1H3. The number of aryl methyl sites for hydroxylation is 2. The lowest BCUT2D eigenvalue weighted by Gasteiger charge is -2.10. The molecule has 0 spiro atoms. The van der Waals surface area contributed by atoms with Crippen LogP contribution in [-0.2, 0) is 19.9 Å². The van der Waals surface area contributed by atoms with Crippen molar-refractivity contribution < 1.29 is 5.11 Å². The number of aliphatic hydroxyl groups is 1. The van der Waals surface area contributed by atoms with Gasteiger partial charge in [0.05, 0.1) is 12.3 Å². The van der Waals surface area contributed by atoms with Gasteiger partial charge in [-0.3, -0.25) is 4.68 Å². The first-order chi connectivity index (χ1) is 10.2. The van der Waals surface area contributed by atoms with Crippen molar-refractivity contribution in [2.45, 2.75) is 25.4 Å². The Morgan fingerprint density at radius 3 is 2.67 bits per heavy atom. The molecule has 3 rings (SSSR count). The quantitative estimate of drug-likeness (QED) is 0.780. The van der Waals surface area contributed by atoms with Crippen LogP contribution >= 0.6 is 0 Å². The highest BCUT2D eigenvalue weighted by molar-refractivity contribution is 5.82. The predicted octanol–water partition coefficient (Wildman–Crippen LogP) is 3.11. The largest absolute Gasteiger partial charge is 0.393 e. The van der Waals surface area contributed by atoms with E-state index in [1.807, 2.05) is 31.6 Å². The Balaban J connectivity index is 1.61. The van der Waals surface area contributed by atoms with Crippen LogP contribution in [0.2, 0.25) is 0 Å². The summed E-state index contributed by atoms with van der Waals surface area (Å²) in [6.45, 7) is 0. The number of fused-ring (bicyclic) bond motifs is 1. The fraction of sp³-hybridized carbons (Fsp3) is 0.278. The van der Waals surface area contributed by atoms with E-state index in [0.717, 1.165) is 12.8 Å². The van der Waals surface area contributed by atoms with Gasteiger partial charge in [0.25, 0.3) is 0 Å². The summed E-state index contributed by atoms with van der Waals surface area (Å²) in [5, 5.41) is 16.8. The monoisotopic (exact) mass is 280 g/mol. The van der Waals surface area contributed by atoms with Crippen molar-refractivity contribution in [1.82, 2.24) is 9.78 Å². The van der Waals surface area contributed by atoms with Gasteiger partial charge in [0.2, 0.25) is 0 Å². The van der Waals surface area contributed by atoms with Gasteiger partial charge >= 0.3 is 0 Å². The Hall–Kier alpha value is -2.13. The molecule has 2 aromatic carbocycles. The molecule has 0 fully saturated rings. The highest BCUT2D eigenvalue weighted by atomic mass is 16.3. The molecule has 0 amide bonds. The predicted molar refractivity (Wildman–Crippen MR) is 85.2 cm³/mol. The molecule has 1 unspecified atom stereocenters. The van der Waals surface area contributed by atoms with Gasteiger partial charge in [0, 0.05) is 13.2 Å². The molecule has 0 aliphatic carbocycles. The maximum Gasteiger partial charge on any atom is 0.0583 e. The molecular weight excluding hydrogens is 260 g/mol. The number of hydrogen-bond acceptors (Lipinski definition) is 2. The Bertz CT molecular complexity index is 733. The van der Waals surface area contributed by atoms with Gasteiger partial charge in [-0.2, -0.15) is 5.10 Å². The van der Waals surface area contributed by atoms with Crippen molar-refractivity contribution in [2.75, 3.05) is 0 Å². The van der Waals surface area contributed by atoms with E-state index >= 15 is 0 Å². The first-order valence-corrected chi connectivity index (χ1v) is 7.34. The smallest absolute Gasteiger partial charge is 0.0583 e. The summed E-state index contributed by atoms with van der Waals surface area (Å²) in [5.41, 5.74) is 2.36. The molecule has 0 radical (unpaired) electrons. The summed E-state index contributed by atoms with van der Waals surface area (Å²) < 4.78 is 1.80. The molecule has 3 aromatic rings. The average molecular weight is 280 g/mol. The fourth-order valence-corrected chi connectivity index (χ4v) is 2.67. The summed E-state index contributed by atoms with van der Waals surface area (Å²) in [7, 11) is 1.91. The van der Waals surface area contributed by atoms with Crippen LogP contribution in [0, 0.1) is 0 Å². The molecule has 1 N–H and O–H groups in total. The lowest BCUT2D eigenvalue weighted by atomic mass is 10.00. The van der Waals surface area contributed by atoms with Crippen LogP contribution in [0.4, 0.5) is 0 Å². The van der Waals surface area contributed by atoms with Crippen LogP contribution in [0.15, 0.2) is 54.9 Å². The fourth-order valence-electron chi connectivity index (χ4n) is 2.67. The van der Waals surface area contributed by atoms with Crippen LogP contribution in [0.5, 0.6) is 0 Å². The first kappa shape index (κ1) is 13.8. The molecule has 108 valence electrons. The number of aromatic nitrogens is 2. The van der Waals surface area contributed by atoms with Gasteiger partial charge < -0.3 is 5.11 Å². The zero-order valence-electron chi connectivity index (χ0n) is 12.2. The number of hydrogen-bond donors (Lipinski definition) is 1. The van der Waals surface area contributed by atoms with E-state index in [1.165, 1.54) is 21.9 Å². The Morgan fingerprint density at radius 1 is 1.10 bits per heavy atom. The number of nitrogens with zero attached hydrogens (tertiary/aromatic N) is 2. The van der Waals surface area contributed by atoms with Crippen LogP contribution in [0.1, 0.15) is 17.5 Å². The second kappa shape index (κ2) is 6.10. The van der Waals surface area contributed by atoms with Crippen molar-refractivity contribution in [3.05, 3.63) is 66.0 Å². The van der Waals surface area contributed by atoms with Gasteiger partial charge in [-0.15, -0.1) is 0 Å². The molecule has 0 aliphatic heterocycles. The normalized spacial score (nSPS) is 12.7. The van der Waals surface area contributed by atoms with Crippen molar-refractivity contribution >= 4 is 10.8 Å².